The average Bonchev–Trinajstić information content (AvgIpc) is 3.71. The first kappa shape index (κ1) is 30.4. The lowest BCUT2D eigenvalue weighted by molar-refractivity contribution is 0.209. The molecular formula is C34H39FN6O4. The Labute approximate surface area is 262 Å². The molecule has 0 atom stereocenters. The van der Waals surface area contributed by atoms with Crippen LogP contribution in [0, 0.1) is 5.82 Å². The summed E-state index contributed by atoms with van der Waals surface area (Å²) in [7, 11) is 0. The molecular weight excluding hydrogens is 575 g/mol. The van der Waals surface area contributed by atoms with Crippen molar-refractivity contribution in [3.05, 3.63) is 78.6 Å². The van der Waals surface area contributed by atoms with Gasteiger partial charge in [-0.15, -0.1) is 0 Å². The number of rotatable bonds is 14. The molecule has 0 amide bonds. The van der Waals surface area contributed by atoms with E-state index < -0.39 is 0 Å². The van der Waals surface area contributed by atoms with Gasteiger partial charge in [0.15, 0.2) is 5.58 Å². The molecule has 0 spiro atoms. The summed E-state index contributed by atoms with van der Waals surface area (Å²) in [5.74, 6) is 1.99. The Hall–Kier alpha value is -4.64. The summed E-state index contributed by atoms with van der Waals surface area (Å²) < 4.78 is 39.4. The van der Waals surface area contributed by atoms with Crippen molar-refractivity contribution in [3.63, 3.8) is 0 Å². The van der Waals surface area contributed by atoms with Crippen molar-refractivity contribution in [2.24, 2.45) is 0 Å². The molecule has 11 heteroatoms. The SMILES string of the molecule is CCOc1cc(CN2CCC(Nc3nc4cc(OCCCn5cncn5)ccc4o3)CC2)cc(OCC)c1-c1ccc(F)cc1. The fourth-order valence-electron chi connectivity index (χ4n) is 5.67. The van der Waals surface area contributed by atoms with Crippen molar-refractivity contribution in [2.75, 3.05) is 38.2 Å². The van der Waals surface area contributed by atoms with Crippen molar-refractivity contribution in [2.45, 2.75) is 52.2 Å². The maximum atomic E-state index is 13.6. The highest BCUT2D eigenvalue weighted by molar-refractivity contribution is 5.78. The zero-order chi connectivity index (χ0) is 31.0. The van der Waals surface area contributed by atoms with Gasteiger partial charge < -0.3 is 23.9 Å². The number of aryl methyl sites for hydroxylation is 1. The zero-order valence-corrected chi connectivity index (χ0v) is 25.7. The van der Waals surface area contributed by atoms with Gasteiger partial charge in [0.1, 0.15) is 41.2 Å². The minimum Gasteiger partial charge on any atom is -0.493 e. The van der Waals surface area contributed by atoms with Crippen LogP contribution >= 0.6 is 0 Å². The second kappa shape index (κ2) is 14.4. The van der Waals surface area contributed by atoms with Gasteiger partial charge in [-0.2, -0.15) is 10.1 Å². The van der Waals surface area contributed by atoms with E-state index in [-0.39, 0.29) is 11.9 Å². The summed E-state index contributed by atoms with van der Waals surface area (Å²) in [6.07, 6.45) is 5.98. The molecule has 45 heavy (non-hydrogen) atoms. The molecule has 3 heterocycles. The number of halogens is 1. The molecule has 3 aromatic carbocycles. The quantitative estimate of drug-likeness (QED) is 0.139. The van der Waals surface area contributed by atoms with Crippen molar-refractivity contribution >= 4 is 17.1 Å². The van der Waals surface area contributed by atoms with E-state index in [1.54, 1.807) is 23.1 Å². The van der Waals surface area contributed by atoms with Crippen molar-refractivity contribution in [3.8, 4) is 28.4 Å². The average molecular weight is 615 g/mol. The second-order valence-corrected chi connectivity index (χ2v) is 11.0. The maximum Gasteiger partial charge on any atom is 0.295 e. The fourth-order valence-corrected chi connectivity index (χ4v) is 5.67. The topological polar surface area (TPSA) is 99.7 Å². The molecule has 0 radical (unpaired) electrons. The van der Waals surface area contributed by atoms with Crippen LogP contribution in [0.15, 0.2) is 71.7 Å². The van der Waals surface area contributed by atoms with E-state index in [2.05, 4.69) is 37.4 Å². The predicted molar refractivity (Wildman–Crippen MR) is 170 cm³/mol. The van der Waals surface area contributed by atoms with E-state index in [9.17, 15) is 4.39 Å². The number of aromatic nitrogens is 4. The summed E-state index contributed by atoms with van der Waals surface area (Å²) in [6, 6.07) is 17.1. The van der Waals surface area contributed by atoms with E-state index in [0.717, 1.165) is 90.5 Å². The second-order valence-electron chi connectivity index (χ2n) is 11.0. The molecule has 2 aromatic heterocycles. The number of nitrogens with one attached hydrogen (secondary N) is 1. The zero-order valence-electron chi connectivity index (χ0n) is 25.7. The third-order valence-electron chi connectivity index (χ3n) is 7.81. The Morgan fingerprint density at radius 3 is 2.40 bits per heavy atom. The van der Waals surface area contributed by atoms with Crippen LogP contribution in [0.5, 0.6) is 17.2 Å². The summed E-state index contributed by atoms with van der Waals surface area (Å²) in [6.45, 7) is 8.94. The normalized spacial score (nSPS) is 14.1. The van der Waals surface area contributed by atoms with Crippen molar-refractivity contribution in [1.29, 1.82) is 0 Å². The maximum absolute atomic E-state index is 13.6. The fraction of sp³-hybridized carbons (Fsp3) is 0.382. The third kappa shape index (κ3) is 7.72. The number of fused-ring (bicyclic) bond motifs is 1. The minimum absolute atomic E-state index is 0.264. The first-order chi connectivity index (χ1) is 22.1. The molecule has 236 valence electrons. The number of nitrogens with zero attached hydrogens (tertiary/aromatic N) is 5. The van der Waals surface area contributed by atoms with Crippen LogP contribution < -0.4 is 19.5 Å². The summed E-state index contributed by atoms with van der Waals surface area (Å²) in [5, 5.41) is 7.60. The number of hydrogen-bond acceptors (Lipinski definition) is 9. The van der Waals surface area contributed by atoms with Gasteiger partial charge in [-0.3, -0.25) is 9.58 Å². The summed E-state index contributed by atoms with van der Waals surface area (Å²) >= 11 is 0. The first-order valence-electron chi connectivity index (χ1n) is 15.6. The Kier molecular flexibility index (Phi) is 9.74. The Bertz CT molecular complexity index is 1640. The van der Waals surface area contributed by atoms with Gasteiger partial charge in [-0.05, 0) is 74.2 Å². The lowest BCUT2D eigenvalue weighted by atomic mass is 9.99. The molecule has 1 saturated heterocycles. The molecule has 1 aliphatic heterocycles. The van der Waals surface area contributed by atoms with Gasteiger partial charge in [-0.1, -0.05) is 12.1 Å². The largest absolute Gasteiger partial charge is 0.493 e. The molecule has 1 N–H and O–H groups in total. The van der Waals surface area contributed by atoms with E-state index in [1.165, 1.54) is 18.5 Å². The lowest BCUT2D eigenvalue weighted by Gasteiger charge is -2.32. The first-order valence-corrected chi connectivity index (χ1v) is 15.6. The van der Waals surface area contributed by atoms with Gasteiger partial charge >= 0.3 is 0 Å². The minimum atomic E-state index is -0.272. The van der Waals surface area contributed by atoms with Gasteiger partial charge in [0.05, 0.1) is 25.4 Å². The monoisotopic (exact) mass is 614 g/mol. The van der Waals surface area contributed by atoms with Crippen LogP contribution in [0.1, 0.15) is 38.7 Å². The molecule has 5 aromatic rings. The number of benzene rings is 3. The summed E-state index contributed by atoms with van der Waals surface area (Å²) in [5.41, 5.74) is 4.33. The van der Waals surface area contributed by atoms with Crippen LogP contribution in [-0.2, 0) is 13.1 Å². The Balaban J connectivity index is 1.04. The van der Waals surface area contributed by atoms with Gasteiger partial charge in [0.2, 0.25) is 0 Å². The number of hydrogen-bond donors (Lipinski definition) is 1. The van der Waals surface area contributed by atoms with E-state index >= 15 is 0 Å². The van der Waals surface area contributed by atoms with E-state index in [4.69, 9.17) is 18.6 Å². The highest BCUT2D eigenvalue weighted by atomic mass is 19.1. The Morgan fingerprint density at radius 2 is 1.71 bits per heavy atom. The van der Waals surface area contributed by atoms with Gasteiger partial charge in [0.25, 0.3) is 6.01 Å². The molecule has 1 fully saturated rings. The van der Waals surface area contributed by atoms with Crippen LogP contribution in [0.4, 0.5) is 10.4 Å². The lowest BCUT2D eigenvalue weighted by Crippen LogP contribution is -2.38. The highest BCUT2D eigenvalue weighted by Crippen LogP contribution is 2.40. The van der Waals surface area contributed by atoms with Gasteiger partial charge in [0, 0.05) is 44.7 Å². The molecule has 0 bridgehead atoms. The standard InChI is InChI=1S/C34H39FN6O4/c1-3-42-31-18-24(19-32(43-4-2)33(31)25-6-8-26(35)9-7-25)21-40-15-12-27(13-16-40)38-34-39-29-20-28(10-11-30(29)45-34)44-17-5-14-41-23-36-22-37-41/h6-11,18-20,22-23,27H,3-5,12-17,21H2,1-2H3,(H,38,39). The summed E-state index contributed by atoms with van der Waals surface area (Å²) in [4.78, 5) is 11.1. The van der Waals surface area contributed by atoms with Crippen LogP contribution in [-0.4, -0.2) is 63.6 Å². The van der Waals surface area contributed by atoms with Gasteiger partial charge in [-0.25, -0.2) is 9.37 Å². The number of piperidine rings is 1. The van der Waals surface area contributed by atoms with E-state index in [1.807, 2.05) is 32.0 Å². The number of ether oxygens (including phenoxy) is 3. The predicted octanol–water partition coefficient (Wildman–Crippen LogP) is 6.57. The number of oxazole rings is 1. The highest BCUT2D eigenvalue weighted by Gasteiger charge is 2.23. The van der Waals surface area contributed by atoms with Crippen molar-refractivity contribution < 1.29 is 23.0 Å². The molecule has 0 saturated carbocycles. The molecule has 1 aliphatic rings. The number of anilines is 1. The third-order valence-corrected chi connectivity index (χ3v) is 7.81. The van der Waals surface area contributed by atoms with Crippen LogP contribution in [0.3, 0.4) is 0 Å². The van der Waals surface area contributed by atoms with Crippen molar-refractivity contribution in [1.82, 2.24) is 24.6 Å². The number of likely N-dealkylation sites (tertiary alicyclic amines) is 1. The van der Waals surface area contributed by atoms with E-state index in [0.29, 0.717) is 25.8 Å². The van der Waals surface area contributed by atoms with Crippen LogP contribution in [0.2, 0.25) is 0 Å². The smallest absolute Gasteiger partial charge is 0.295 e. The molecule has 10 nitrogen and oxygen atoms in total. The molecule has 0 aliphatic carbocycles. The Morgan fingerprint density at radius 1 is 0.956 bits per heavy atom. The molecule has 6 rings (SSSR count). The van der Waals surface area contributed by atoms with Crippen LogP contribution in [0.25, 0.3) is 22.2 Å². The molecule has 0 unspecified atom stereocenters.